The highest BCUT2D eigenvalue weighted by molar-refractivity contribution is 6.10. The number of aliphatic hydroxyl groups is 1. The van der Waals surface area contributed by atoms with Crippen LogP contribution in [0.15, 0.2) is 60.2 Å². The zero-order valence-electron chi connectivity index (χ0n) is 20.8. The Morgan fingerprint density at radius 1 is 1.08 bits per heavy atom. The molecule has 2 N–H and O–H groups in total. The lowest BCUT2D eigenvalue weighted by molar-refractivity contribution is -0.135. The van der Waals surface area contributed by atoms with Crippen LogP contribution < -0.4 is 5.32 Å². The van der Waals surface area contributed by atoms with Crippen molar-refractivity contribution in [1.29, 1.82) is 0 Å². The summed E-state index contributed by atoms with van der Waals surface area (Å²) in [5.41, 5.74) is 4.55. The number of benzene rings is 2. The average Bonchev–Trinajstić information content (AvgIpc) is 2.88. The highest BCUT2D eigenvalue weighted by atomic mass is 16.5. The lowest BCUT2D eigenvalue weighted by Crippen LogP contribution is -2.52. The SMILES string of the molecule is CNC(=O)C(C(=O)CO)N(C)C(=O)c1ccc(C#Cc2ccc(CN3CC(=CCOC)C3)cc2)cc1. The minimum Gasteiger partial charge on any atom is -0.388 e. The fourth-order valence-electron chi connectivity index (χ4n) is 3.84. The molecule has 1 unspecified atom stereocenters. The maximum absolute atomic E-state index is 12.8. The zero-order valence-corrected chi connectivity index (χ0v) is 20.8. The number of amides is 2. The molecule has 8 heteroatoms. The highest BCUT2D eigenvalue weighted by Gasteiger charge is 2.32. The van der Waals surface area contributed by atoms with Gasteiger partial charge in [-0.05, 0) is 47.5 Å². The summed E-state index contributed by atoms with van der Waals surface area (Å²) in [6, 6.07) is 13.4. The van der Waals surface area contributed by atoms with Crippen molar-refractivity contribution in [1.82, 2.24) is 15.1 Å². The lowest BCUT2D eigenvalue weighted by atomic mass is 10.0. The molecule has 0 saturated carbocycles. The molecule has 0 radical (unpaired) electrons. The van der Waals surface area contributed by atoms with E-state index in [-0.39, 0.29) is 0 Å². The van der Waals surface area contributed by atoms with Crippen molar-refractivity contribution in [2.75, 3.05) is 47.5 Å². The van der Waals surface area contributed by atoms with E-state index in [1.807, 2.05) is 12.1 Å². The lowest BCUT2D eigenvalue weighted by Gasteiger charge is -2.34. The van der Waals surface area contributed by atoms with Crippen molar-refractivity contribution >= 4 is 17.6 Å². The fourth-order valence-corrected chi connectivity index (χ4v) is 3.84. The second-order valence-corrected chi connectivity index (χ2v) is 8.54. The molecule has 0 spiro atoms. The number of nitrogens with zero attached hydrogens (tertiary/aromatic N) is 2. The molecule has 1 saturated heterocycles. The second kappa shape index (κ2) is 12.8. The third-order valence-corrected chi connectivity index (χ3v) is 5.90. The molecule has 0 aromatic heterocycles. The summed E-state index contributed by atoms with van der Waals surface area (Å²) < 4.78 is 5.07. The summed E-state index contributed by atoms with van der Waals surface area (Å²) >= 11 is 0. The van der Waals surface area contributed by atoms with Crippen LogP contribution >= 0.6 is 0 Å². The van der Waals surface area contributed by atoms with E-state index in [4.69, 9.17) is 9.84 Å². The minimum atomic E-state index is -1.40. The third kappa shape index (κ3) is 6.89. The predicted octanol–water partition coefficient (Wildman–Crippen LogP) is 1.22. The Morgan fingerprint density at radius 2 is 1.67 bits per heavy atom. The second-order valence-electron chi connectivity index (χ2n) is 8.54. The first-order valence-corrected chi connectivity index (χ1v) is 11.6. The van der Waals surface area contributed by atoms with Gasteiger partial charge in [0.25, 0.3) is 5.91 Å². The number of Topliss-reactive ketones (excluding diaryl/α,β-unsaturated/α-hetero) is 1. The van der Waals surface area contributed by atoms with Gasteiger partial charge in [-0.3, -0.25) is 19.3 Å². The van der Waals surface area contributed by atoms with Gasteiger partial charge in [0.15, 0.2) is 11.8 Å². The number of ketones is 1. The molecule has 1 atom stereocenters. The molecule has 0 bridgehead atoms. The van der Waals surface area contributed by atoms with Gasteiger partial charge >= 0.3 is 0 Å². The summed E-state index contributed by atoms with van der Waals surface area (Å²) in [5, 5.41) is 11.5. The number of nitrogens with one attached hydrogen (secondary N) is 1. The van der Waals surface area contributed by atoms with Gasteiger partial charge in [0.2, 0.25) is 5.91 Å². The number of likely N-dealkylation sites (tertiary alicyclic amines) is 1. The largest absolute Gasteiger partial charge is 0.388 e. The molecule has 2 amide bonds. The summed E-state index contributed by atoms with van der Waals surface area (Å²) in [4.78, 5) is 40.2. The van der Waals surface area contributed by atoms with E-state index >= 15 is 0 Å². The number of likely N-dealkylation sites (N-methyl/N-ethyl adjacent to an activating group) is 2. The number of hydrogen-bond donors (Lipinski definition) is 2. The standard InChI is InChI=1S/C28H31N3O5/c1-29-27(34)26(25(33)19-32)30(2)28(35)24-12-10-21(11-13-24)5-4-20-6-8-22(9-7-20)16-31-17-23(18-31)14-15-36-3/h6-14,26,32H,15-19H2,1-3H3,(H,29,34). The average molecular weight is 490 g/mol. The molecule has 1 aliphatic rings. The summed E-state index contributed by atoms with van der Waals surface area (Å²) in [5.74, 6) is 4.29. The van der Waals surface area contributed by atoms with Gasteiger partial charge in [-0.25, -0.2) is 0 Å². The Hall–Kier alpha value is -3.77. The van der Waals surface area contributed by atoms with Crippen molar-refractivity contribution < 1.29 is 24.2 Å². The van der Waals surface area contributed by atoms with Gasteiger partial charge in [-0.15, -0.1) is 0 Å². The quantitative estimate of drug-likeness (QED) is 0.312. The van der Waals surface area contributed by atoms with Gasteiger partial charge in [0.05, 0.1) is 6.61 Å². The van der Waals surface area contributed by atoms with Crippen LogP contribution in [0.5, 0.6) is 0 Å². The van der Waals surface area contributed by atoms with Crippen LogP contribution in [0.3, 0.4) is 0 Å². The summed E-state index contributed by atoms with van der Waals surface area (Å²) in [6.07, 6.45) is 2.13. The van der Waals surface area contributed by atoms with Gasteiger partial charge in [0.1, 0.15) is 6.61 Å². The molecule has 36 heavy (non-hydrogen) atoms. The summed E-state index contributed by atoms with van der Waals surface area (Å²) in [7, 11) is 4.42. The van der Waals surface area contributed by atoms with E-state index in [9.17, 15) is 14.4 Å². The smallest absolute Gasteiger partial charge is 0.254 e. The predicted molar refractivity (Wildman–Crippen MR) is 136 cm³/mol. The number of hydrogen-bond acceptors (Lipinski definition) is 6. The number of carbonyl (C=O) groups is 3. The van der Waals surface area contributed by atoms with Gasteiger partial charge in [0, 0.05) is 57.5 Å². The Kier molecular flexibility index (Phi) is 9.53. The fraction of sp³-hybridized carbons (Fsp3) is 0.321. The topological polar surface area (TPSA) is 99.2 Å². The molecule has 1 aliphatic heterocycles. The van der Waals surface area contributed by atoms with Crippen molar-refractivity contribution in [3.05, 3.63) is 82.4 Å². The number of methoxy groups -OCH3 is 1. The normalized spacial score (nSPS) is 13.6. The first-order valence-electron chi connectivity index (χ1n) is 11.6. The van der Waals surface area contributed by atoms with Crippen LogP contribution in [0.4, 0.5) is 0 Å². The molecule has 8 nitrogen and oxygen atoms in total. The Morgan fingerprint density at radius 3 is 2.19 bits per heavy atom. The molecule has 2 aromatic carbocycles. The molecule has 1 fully saturated rings. The molecule has 1 heterocycles. The highest BCUT2D eigenvalue weighted by Crippen LogP contribution is 2.18. The first kappa shape index (κ1) is 26.8. The van der Waals surface area contributed by atoms with Gasteiger partial charge < -0.3 is 20.1 Å². The molecule has 2 aromatic rings. The van der Waals surface area contributed by atoms with E-state index in [0.29, 0.717) is 12.2 Å². The molecular weight excluding hydrogens is 458 g/mol. The van der Waals surface area contributed by atoms with Crippen molar-refractivity contribution in [2.24, 2.45) is 0 Å². The van der Waals surface area contributed by atoms with Crippen LogP contribution in [-0.4, -0.2) is 86.1 Å². The van der Waals surface area contributed by atoms with Crippen molar-refractivity contribution in [3.63, 3.8) is 0 Å². The molecule has 0 aliphatic carbocycles. The molecular formula is C28H31N3O5. The summed E-state index contributed by atoms with van der Waals surface area (Å²) in [6.45, 7) is 2.67. The zero-order chi connectivity index (χ0) is 26.1. The number of ether oxygens (including phenoxy) is 1. The van der Waals surface area contributed by atoms with E-state index in [1.54, 1.807) is 31.4 Å². The Balaban J connectivity index is 1.59. The van der Waals surface area contributed by atoms with Crippen molar-refractivity contribution in [3.8, 4) is 11.8 Å². The van der Waals surface area contributed by atoms with Crippen LogP contribution in [0, 0.1) is 11.8 Å². The van der Waals surface area contributed by atoms with E-state index < -0.39 is 30.2 Å². The molecule has 188 valence electrons. The molecule has 3 rings (SSSR count). The van der Waals surface area contributed by atoms with Crippen LogP contribution in [0.25, 0.3) is 0 Å². The van der Waals surface area contributed by atoms with Gasteiger partial charge in [-0.1, -0.05) is 30.0 Å². The minimum absolute atomic E-state index is 0.304. The van der Waals surface area contributed by atoms with E-state index in [2.05, 4.69) is 40.3 Å². The van der Waals surface area contributed by atoms with Crippen LogP contribution in [0.2, 0.25) is 0 Å². The van der Waals surface area contributed by atoms with E-state index in [0.717, 1.165) is 35.7 Å². The number of aliphatic hydroxyl groups excluding tert-OH is 1. The van der Waals surface area contributed by atoms with E-state index in [1.165, 1.54) is 25.2 Å². The maximum Gasteiger partial charge on any atom is 0.254 e. The van der Waals surface area contributed by atoms with Crippen molar-refractivity contribution in [2.45, 2.75) is 12.6 Å². The van der Waals surface area contributed by atoms with Gasteiger partial charge in [-0.2, -0.15) is 0 Å². The third-order valence-electron chi connectivity index (χ3n) is 5.90. The first-order chi connectivity index (χ1) is 17.4. The Labute approximate surface area is 211 Å². The van der Waals surface area contributed by atoms with Crippen LogP contribution in [0.1, 0.15) is 27.0 Å². The maximum atomic E-state index is 12.8. The Bertz CT molecular complexity index is 1150. The van der Waals surface area contributed by atoms with Crippen LogP contribution in [-0.2, 0) is 20.9 Å². The number of carbonyl (C=O) groups excluding carboxylic acids is 3. The monoisotopic (exact) mass is 489 g/mol. The number of rotatable bonds is 9.